The molecule has 1 N–H and O–H groups in total. The van der Waals surface area contributed by atoms with Crippen LogP contribution in [0.3, 0.4) is 0 Å². The highest BCUT2D eigenvalue weighted by Gasteiger charge is 2.52. The van der Waals surface area contributed by atoms with Crippen molar-refractivity contribution in [3.63, 3.8) is 0 Å². The number of para-hydroxylation sites is 1. The minimum absolute atomic E-state index is 0.316. The van der Waals surface area contributed by atoms with Crippen molar-refractivity contribution in [3.8, 4) is 0 Å². The quantitative estimate of drug-likeness (QED) is 0.634. The molecule has 0 saturated carbocycles. The highest BCUT2D eigenvalue weighted by molar-refractivity contribution is 9.10. The van der Waals surface area contributed by atoms with E-state index in [1.54, 1.807) is 23.1 Å². The maximum atomic E-state index is 13.5. The number of benzene rings is 3. The van der Waals surface area contributed by atoms with E-state index in [0.29, 0.717) is 23.4 Å². The highest BCUT2D eigenvalue weighted by Crippen LogP contribution is 2.45. The summed E-state index contributed by atoms with van der Waals surface area (Å²) in [6.07, 6.45) is -1.18. The van der Waals surface area contributed by atoms with E-state index in [1.165, 1.54) is 31.4 Å². The fraction of sp³-hybridized carbons (Fsp3) is 0.174. The van der Waals surface area contributed by atoms with E-state index in [2.05, 4.69) is 15.9 Å². The van der Waals surface area contributed by atoms with Crippen LogP contribution in [0.25, 0.3) is 0 Å². The Morgan fingerprint density at radius 2 is 1.72 bits per heavy atom. The zero-order valence-corrected chi connectivity index (χ0v) is 17.3. The Bertz CT molecular complexity index is 1060. The maximum absolute atomic E-state index is 13.5. The molecule has 0 fully saturated rings. The van der Waals surface area contributed by atoms with Crippen molar-refractivity contribution in [1.29, 1.82) is 0 Å². The van der Waals surface area contributed by atoms with Gasteiger partial charge in [-0.2, -0.15) is 0 Å². The first kappa shape index (κ1) is 19.8. The van der Waals surface area contributed by atoms with Crippen molar-refractivity contribution < 1.29 is 19.0 Å². The summed E-state index contributed by atoms with van der Waals surface area (Å²) in [7, 11) is 1.39. The van der Waals surface area contributed by atoms with Gasteiger partial charge in [0.15, 0.2) is 11.7 Å². The first-order chi connectivity index (χ1) is 14.0. The lowest BCUT2D eigenvalue weighted by Gasteiger charge is -2.44. The number of aliphatic hydroxyl groups is 1. The zero-order valence-electron chi connectivity index (χ0n) is 15.7. The van der Waals surface area contributed by atoms with Crippen molar-refractivity contribution in [2.24, 2.45) is 0 Å². The molecule has 0 radical (unpaired) electrons. The number of hydrogen-bond acceptors (Lipinski definition) is 3. The summed E-state index contributed by atoms with van der Waals surface area (Å²) in [5, 5.41) is 11.8. The predicted molar refractivity (Wildman–Crippen MR) is 112 cm³/mol. The van der Waals surface area contributed by atoms with Gasteiger partial charge in [-0.15, -0.1) is 0 Å². The van der Waals surface area contributed by atoms with Crippen molar-refractivity contribution >= 4 is 27.5 Å². The zero-order chi connectivity index (χ0) is 20.6. The van der Waals surface area contributed by atoms with Gasteiger partial charge in [0, 0.05) is 17.1 Å². The summed E-state index contributed by atoms with van der Waals surface area (Å²) in [4.78, 5) is 15.1. The van der Waals surface area contributed by atoms with Crippen molar-refractivity contribution in [2.45, 2.75) is 18.2 Å². The van der Waals surface area contributed by atoms with Crippen LogP contribution in [0.15, 0.2) is 77.3 Å². The molecule has 0 saturated heterocycles. The van der Waals surface area contributed by atoms with Gasteiger partial charge in [-0.3, -0.25) is 4.79 Å². The number of methoxy groups -OCH3 is 1. The molecule has 0 bridgehead atoms. The van der Waals surface area contributed by atoms with Crippen molar-refractivity contribution in [1.82, 2.24) is 0 Å². The molecule has 0 aliphatic carbocycles. The lowest BCUT2D eigenvalue weighted by atomic mass is 9.77. The van der Waals surface area contributed by atoms with Gasteiger partial charge >= 0.3 is 0 Å². The van der Waals surface area contributed by atoms with Crippen LogP contribution >= 0.6 is 15.9 Å². The largest absolute Gasteiger partial charge is 0.377 e. The molecule has 2 unspecified atom stereocenters. The normalized spacial score (nSPS) is 21.2. The summed E-state index contributed by atoms with van der Waals surface area (Å²) in [6.45, 7) is 0.316. The fourth-order valence-corrected chi connectivity index (χ4v) is 4.26. The van der Waals surface area contributed by atoms with Crippen molar-refractivity contribution in [3.05, 3.63) is 99.8 Å². The summed E-state index contributed by atoms with van der Waals surface area (Å²) in [5.74, 6) is -0.786. The third-order valence-corrected chi connectivity index (χ3v) is 6.06. The Kier molecular flexibility index (Phi) is 5.25. The SMILES string of the molecule is COC1C(=O)N(Cc2ccccc2Br)c2ccccc2C1(O)c1ccc(F)cc1. The lowest BCUT2D eigenvalue weighted by Crippen LogP contribution is -2.57. The second-order valence-electron chi connectivity index (χ2n) is 6.92. The summed E-state index contributed by atoms with van der Waals surface area (Å²) < 4.78 is 19.9. The summed E-state index contributed by atoms with van der Waals surface area (Å²) >= 11 is 3.53. The van der Waals surface area contributed by atoms with Gasteiger partial charge < -0.3 is 14.7 Å². The molecule has 3 aromatic carbocycles. The topological polar surface area (TPSA) is 49.8 Å². The van der Waals surface area contributed by atoms with E-state index < -0.39 is 17.5 Å². The Hall–Kier alpha value is -2.54. The van der Waals surface area contributed by atoms with E-state index in [1.807, 2.05) is 30.3 Å². The number of halogens is 2. The Balaban J connectivity index is 1.88. The third-order valence-electron chi connectivity index (χ3n) is 5.28. The highest BCUT2D eigenvalue weighted by atomic mass is 79.9. The maximum Gasteiger partial charge on any atom is 0.260 e. The van der Waals surface area contributed by atoms with Gasteiger partial charge in [-0.1, -0.05) is 64.5 Å². The molecule has 1 aliphatic rings. The van der Waals surface area contributed by atoms with Gasteiger partial charge in [0.1, 0.15) is 5.82 Å². The molecule has 1 heterocycles. The van der Waals surface area contributed by atoms with Crippen LogP contribution in [-0.4, -0.2) is 24.2 Å². The van der Waals surface area contributed by atoms with Crippen LogP contribution < -0.4 is 4.90 Å². The number of ether oxygens (including phenoxy) is 1. The van der Waals surface area contributed by atoms with Crippen LogP contribution in [-0.2, 0) is 21.7 Å². The molecule has 29 heavy (non-hydrogen) atoms. The van der Waals surface area contributed by atoms with E-state index >= 15 is 0 Å². The minimum atomic E-state index is -1.74. The number of carbonyl (C=O) groups excluding carboxylic acids is 1. The van der Waals surface area contributed by atoms with E-state index in [9.17, 15) is 14.3 Å². The molecular weight excluding hydrogens is 437 g/mol. The molecule has 3 aromatic rings. The van der Waals surface area contributed by atoms with Crippen LogP contribution in [0, 0.1) is 5.82 Å². The van der Waals surface area contributed by atoms with Crippen molar-refractivity contribution in [2.75, 3.05) is 12.0 Å². The lowest BCUT2D eigenvalue weighted by molar-refractivity contribution is -0.145. The average Bonchev–Trinajstić information content (AvgIpc) is 2.73. The second kappa shape index (κ2) is 7.71. The Morgan fingerprint density at radius 3 is 2.41 bits per heavy atom. The van der Waals surface area contributed by atoms with E-state index in [-0.39, 0.29) is 5.91 Å². The molecule has 1 aliphatic heterocycles. The molecule has 4 nitrogen and oxygen atoms in total. The molecule has 0 aromatic heterocycles. The number of nitrogens with zero attached hydrogens (tertiary/aromatic N) is 1. The van der Waals surface area contributed by atoms with Crippen LogP contribution in [0.1, 0.15) is 16.7 Å². The molecule has 1 amide bonds. The minimum Gasteiger partial charge on any atom is -0.377 e. The van der Waals surface area contributed by atoms with Crippen LogP contribution in [0.2, 0.25) is 0 Å². The first-order valence-electron chi connectivity index (χ1n) is 9.12. The smallest absolute Gasteiger partial charge is 0.260 e. The number of anilines is 1. The first-order valence-corrected chi connectivity index (χ1v) is 9.91. The molecule has 0 spiro atoms. The number of fused-ring (bicyclic) bond motifs is 1. The van der Waals surface area contributed by atoms with Crippen LogP contribution in [0.4, 0.5) is 10.1 Å². The predicted octanol–water partition coefficient (Wildman–Crippen LogP) is 4.39. The van der Waals surface area contributed by atoms with Gasteiger partial charge in [-0.05, 0) is 35.4 Å². The number of rotatable bonds is 4. The molecule has 4 rings (SSSR count). The third kappa shape index (κ3) is 3.27. The Morgan fingerprint density at radius 1 is 1.07 bits per heavy atom. The summed E-state index contributed by atoms with van der Waals surface area (Å²) in [6, 6.07) is 20.3. The number of hydrogen-bond donors (Lipinski definition) is 1. The number of carbonyl (C=O) groups is 1. The van der Waals surface area contributed by atoms with Gasteiger partial charge in [0.2, 0.25) is 0 Å². The number of amides is 1. The average molecular weight is 456 g/mol. The Labute approximate surface area is 176 Å². The standard InChI is InChI=1S/C23H19BrFNO3/c1-29-21-22(27)26(14-15-6-2-4-8-19(15)24)20-9-5-3-7-18(20)23(21,28)16-10-12-17(25)13-11-16/h2-13,21,28H,14H2,1H3. The summed E-state index contributed by atoms with van der Waals surface area (Å²) in [5.41, 5.74) is 0.712. The van der Waals surface area contributed by atoms with Gasteiger partial charge in [0.05, 0.1) is 12.2 Å². The van der Waals surface area contributed by atoms with E-state index in [0.717, 1.165) is 10.0 Å². The molecule has 148 valence electrons. The fourth-order valence-electron chi connectivity index (χ4n) is 3.85. The monoisotopic (exact) mass is 455 g/mol. The van der Waals surface area contributed by atoms with Crippen LogP contribution in [0.5, 0.6) is 0 Å². The molecular formula is C23H19BrFNO3. The molecule has 2 atom stereocenters. The van der Waals surface area contributed by atoms with Gasteiger partial charge in [-0.25, -0.2) is 4.39 Å². The van der Waals surface area contributed by atoms with Gasteiger partial charge in [0.25, 0.3) is 5.91 Å². The van der Waals surface area contributed by atoms with E-state index in [4.69, 9.17) is 4.74 Å². The molecule has 6 heteroatoms. The second-order valence-corrected chi connectivity index (χ2v) is 7.78.